The lowest BCUT2D eigenvalue weighted by molar-refractivity contribution is 0.214. The highest BCUT2D eigenvalue weighted by Gasteiger charge is 2.33. The molecule has 0 bridgehead atoms. The lowest BCUT2D eigenvalue weighted by Crippen LogP contribution is -2.39. The van der Waals surface area contributed by atoms with E-state index in [2.05, 4.69) is 10.3 Å². The maximum absolute atomic E-state index is 9.70. The largest absolute Gasteiger partial charge is 0.397 e. The van der Waals surface area contributed by atoms with E-state index in [-0.39, 0.29) is 12.1 Å². The van der Waals surface area contributed by atoms with Crippen LogP contribution in [0.15, 0.2) is 30.5 Å². The number of nitrogens with two attached hydrogens (primary N) is 1. The molecular formula is C15H19N3O. The Morgan fingerprint density at radius 2 is 2.05 bits per heavy atom. The van der Waals surface area contributed by atoms with Gasteiger partial charge in [0.1, 0.15) is 0 Å². The first-order valence-electron chi connectivity index (χ1n) is 6.76. The number of benzene rings is 1. The Hall–Kier alpha value is -1.81. The molecule has 3 rings (SSSR count). The van der Waals surface area contributed by atoms with Crippen LogP contribution < -0.4 is 11.1 Å². The van der Waals surface area contributed by atoms with Crippen LogP contribution >= 0.6 is 0 Å². The van der Waals surface area contributed by atoms with Crippen molar-refractivity contribution in [3.05, 3.63) is 30.5 Å². The Morgan fingerprint density at radius 1 is 1.26 bits per heavy atom. The standard InChI is InChI=1S/C15H19N3O/c16-12-5-6-13(11-4-3-9-17-14(11)12)18-15(10-19)7-1-2-8-15/h3-6,9,18-19H,1-2,7-8,10,16H2. The topological polar surface area (TPSA) is 71.2 Å². The van der Waals surface area contributed by atoms with Gasteiger partial charge >= 0.3 is 0 Å². The molecule has 0 atom stereocenters. The van der Waals surface area contributed by atoms with E-state index in [1.54, 1.807) is 6.20 Å². The van der Waals surface area contributed by atoms with E-state index in [0.29, 0.717) is 5.69 Å². The van der Waals surface area contributed by atoms with Gasteiger partial charge in [-0.2, -0.15) is 0 Å². The van der Waals surface area contributed by atoms with Crippen molar-refractivity contribution < 1.29 is 5.11 Å². The Morgan fingerprint density at radius 3 is 2.79 bits per heavy atom. The Bertz CT molecular complexity index is 591. The van der Waals surface area contributed by atoms with E-state index in [9.17, 15) is 5.11 Å². The van der Waals surface area contributed by atoms with Crippen molar-refractivity contribution in [1.29, 1.82) is 0 Å². The zero-order valence-electron chi connectivity index (χ0n) is 10.9. The highest BCUT2D eigenvalue weighted by Crippen LogP contribution is 2.35. The predicted octanol–water partition coefficient (Wildman–Crippen LogP) is 2.53. The summed E-state index contributed by atoms with van der Waals surface area (Å²) in [6.45, 7) is 0.166. The lowest BCUT2D eigenvalue weighted by Gasteiger charge is -2.30. The molecule has 4 heteroatoms. The van der Waals surface area contributed by atoms with Crippen LogP contribution in [0.2, 0.25) is 0 Å². The summed E-state index contributed by atoms with van der Waals surface area (Å²) in [5.74, 6) is 0. The molecule has 0 saturated heterocycles. The summed E-state index contributed by atoms with van der Waals surface area (Å²) in [5.41, 5.74) is 8.29. The van der Waals surface area contributed by atoms with Crippen LogP contribution in [-0.4, -0.2) is 22.2 Å². The molecule has 19 heavy (non-hydrogen) atoms. The lowest BCUT2D eigenvalue weighted by atomic mass is 9.97. The number of nitrogens with zero attached hydrogens (tertiary/aromatic N) is 1. The molecular weight excluding hydrogens is 238 g/mol. The van der Waals surface area contributed by atoms with E-state index < -0.39 is 0 Å². The molecule has 2 aromatic rings. The molecule has 0 aliphatic heterocycles. The number of aliphatic hydroxyl groups is 1. The second kappa shape index (κ2) is 4.70. The molecule has 4 N–H and O–H groups in total. The number of hydrogen-bond donors (Lipinski definition) is 3. The first kappa shape index (κ1) is 12.2. The predicted molar refractivity (Wildman–Crippen MR) is 78.1 cm³/mol. The van der Waals surface area contributed by atoms with Crippen molar-refractivity contribution in [2.45, 2.75) is 31.2 Å². The monoisotopic (exact) mass is 257 g/mol. The van der Waals surface area contributed by atoms with Crippen LogP contribution in [0.25, 0.3) is 10.9 Å². The summed E-state index contributed by atoms with van der Waals surface area (Å²) in [7, 11) is 0. The SMILES string of the molecule is Nc1ccc(NC2(CO)CCCC2)c2cccnc12. The smallest absolute Gasteiger partial charge is 0.0951 e. The Labute approximate surface area is 112 Å². The summed E-state index contributed by atoms with van der Waals surface area (Å²) < 4.78 is 0. The molecule has 1 aliphatic carbocycles. The van der Waals surface area contributed by atoms with E-state index in [1.807, 2.05) is 24.3 Å². The third-order valence-electron chi connectivity index (χ3n) is 4.06. The highest BCUT2D eigenvalue weighted by molar-refractivity contribution is 5.98. The third-order valence-corrected chi connectivity index (χ3v) is 4.06. The van der Waals surface area contributed by atoms with Crippen molar-refractivity contribution in [3.63, 3.8) is 0 Å². The fourth-order valence-electron chi connectivity index (χ4n) is 2.96. The highest BCUT2D eigenvalue weighted by atomic mass is 16.3. The molecule has 1 heterocycles. The molecule has 0 unspecified atom stereocenters. The molecule has 1 aliphatic rings. The second-order valence-corrected chi connectivity index (χ2v) is 5.37. The second-order valence-electron chi connectivity index (χ2n) is 5.37. The molecule has 1 fully saturated rings. The van der Waals surface area contributed by atoms with Gasteiger partial charge in [0.05, 0.1) is 23.3 Å². The van der Waals surface area contributed by atoms with Gasteiger partial charge in [0, 0.05) is 17.3 Å². The molecule has 0 radical (unpaired) electrons. The summed E-state index contributed by atoms with van der Waals surface area (Å²) in [5, 5.41) is 14.2. The fraction of sp³-hybridized carbons (Fsp3) is 0.400. The molecule has 1 aromatic heterocycles. The van der Waals surface area contributed by atoms with Crippen molar-refractivity contribution in [3.8, 4) is 0 Å². The van der Waals surface area contributed by atoms with Crippen LogP contribution in [0.4, 0.5) is 11.4 Å². The van der Waals surface area contributed by atoms with Gasteiger partial charge in [-0.05, 0) is 37.1 Å². The normalized spacial score (nSPS) is 17.7. The zero-order valence-corrected chi connectivity index (χ0v) is 10.9. The fourth-order valence-corrected chi connectivity index (χ4v) is 2.96. The van der Waals surface area contributed by atoms with E-state index >= 15 is 0 Å². The summed E-state index contributed by atoms with van der Waals surface area (Å²) >= 11 is 0. The molecule has 0 amide bonds. The minimum absolute atomic E-state index is 0.166. The number of hydrogen-bond acceptors (Lipinski definition) is 4. The van der Waals surface area contributed by atoms with Crippen molar-refractivity contribution >= 4 is 22.3 Å². The third kappa shape index (κ3) is 2.12. The quantitative estimate of drug-likeness (QED) is 0.739. The van der Waals surface area contributed by atoms with Crippen molar-refractivity contribution in [2.75, 3.05) is 17.7 Å². The van der Waals surface area contributed by atoms with Crippen molar-refractivity contribution in [1.82, 2.24) is 4.98 Å². The van der Waals surface area contributed by atoms with Gasteiger partial charge in [0.2, 0.25) is 0 Å². The van der Waals surface area contributed by atoms with Crippen LogP contribution in [-0.2, 0) is 0 Å². The van der Waals surface area contributed by atoms with E-state index in [4.69, 9.17) is 5.73 Å². The van der Waals surface area contributed by atoms with Gasteiger partial charge < -0.3 is 16.2 Å². The van der Waals surface area contributed by atoms with Gasteiger partial charge in [-0.1, -0.05) is 12.8 Å². The summed E-state index contributed by atoms with van der Waals surface area (Å²) in [6, 6.07) is 7.78. The molecule has 0 spiro atoms. The number of aromatic nitrogens is 1. The number of nitrogen functional groups attached to an aromatic ring is 1. The van der Waals surface area contributed by atoms with E-state index in [0.717, 1.165) is 29.4 Å². The van der Waals surface area contributed by atoms with Crippen molar-refractivity contribution in [2.24, 2.45) is 0 Å². The molecule has 1 saturated carbocycles. The average Bonchev–Trinajstić information content (AvgIpc) is 2.92. The van der Waals surface area contributed by atoms with Gasteiger partial charge in [0.15, 0.2) is 0 Å². The van der Waals surface area contributed by atoms with Gasteiger partial charge in [-0.15, -0.1) is 0 Å². The number of nitrogens with one attached hydrogen (secondary N) is 1. The Balaban J connectivity index is 2.03. The number of pyridine rings is 1. The van der Waals surface area contributed by atoms with Crippen LogP contribution in [0, 0.1) is 0 Å². The maximum Gasteiger partial charge on any atom is 0.0951 e. The van der Waals surface area contributed by atoms with Crippen LogP contribution in [0.5, 0.6) is 0 Å². The minimum atomic E-state index is -0.182. The van der Waals surface area contributed by atoms with Crippen LogP contribution in [0.1, 0.15) is 25.7 Å². The summed E-state index contributed by atoms with van der Waals surface area (Å²) in [4.78, 5) is 4.34. The first-order chi connectivity index (χ1) is 9.24. The maximum atomic E-state index is 9.70. The van der Waals surface area contributed by atoms with Gasteiger partial charge in [-0.3, -0.25) is 4.98 Å². The van der Waals surface area contributed by atoms with E-state index in [1.165, 1.54) is 12.8 Å². The molecule has 100 valence electrons. The number of anilines is 2. The number of rotatable bonds is 3. The number of aliphatic hydroxyl groups excluding tert-OH is 1. The molecule has 1 aromatic carbocycles. The summed E-state index contributed by atoms with van der Waals surface area (Å²) in [6.07, 6.45) is 6.10. The Kier molecular flexibility index (Phi) is 3.03. The number of fused-ring (bicyclic) bond motifs is 1. The van der Waals surface area contributed by atoms with Gasteiger partial charge in [0.25, 0.3) is 0 Å². The van der Waals surface area contributed by atoms with Crippen LogP contribution in [0.3, 0.4) is 0 Å². The van der Waals surface area contributed by atoms with Gasteiger partial charge in [-0.25, -0.2) is 0 Å². The molecule has 4 nitrogen and oxygen atoms in total. The average molecular weight is 257 g/mol. The zero-order chi connectivity index (χ0) is 13.3. The minimum Gasteiger partial charge on any atom is -0.397 e. The first-order valence-corrected chi connectivity index (χ1v) is 6.76.